The minimum atomic E-state index is -4.07. The number of carboxylic acid groups (broad SMARTS) is 1. The van der Waals surface area contributed by atoms with E-state index in [0.29, 0.717) is 11.3 Å². The molecule has 0 bridgehead atoms. The Bertz CT molecular complexity index is 1010. The van der Waals surface area contributed by atoms with Crippen LogP contribution in [0, 0.1) is 11.6 Å². The second-order valence-corrected chi connectivity index (χ2v) is 10.6. The number of thioether (sulfide) groups is 1. The van der Waals surface area contributed by atoms with Gasteiger partial charge in [0.05, 0.1) is 4.90 Å². The van der Waals surface area contributed by atoms with Gasteiger partial charge < -0.3 is 5.11 Å². The normalized spacial score (nSPS) is 20.1. The first-order valence-electron chi connectivity index (χ1n) is 8.48. The van der Waals surface area contributed by atoms with E-state index in [4.69, 9.17) is 0 Å². The molecular formula is C19H19F2NO4S2. The van der Waals surface area contributed by atoms with Gasteiger partial charge in [0, 0.05) is 22.6 Å². The van der Waals surface area contributed by atoms with Crippen molar-refractivity contribution in [3.63, 3.8) is 0 Å². The fourth-order valence-electron chi connectivity index (χ4n) is 3.29. The van der Waals surface area contributed by atoms with Crippen molar-refractivity contribution < 1.29 is 27.1 Å². The van der Waals surface area contributed by atoms with Gasteiger partial charge in [0.2, 0.25) is 10.0 Å². The highest BCUT2D eigenvalue weighted by Crippen LogP contribution is 2.38. The van der Waals surface area contributed by atoms with Crippen LogP contribution in [0.5, 0.6) is 0 Å². The fraction of sp³-hybridized carbons (Fsp3) is 0.316. The van der Waals surface area contributed by atoms with E-state index < -0.39 is 38.4 Å². The quantitative estimate of drug-likeness (QED) is 0.807. The average molecular weight is 427 g/mol. The number of benzene rings is 2. The van der Waals surface area contributed by atoms with Crippen molar-refractivity contribution in [2.45, 2.75) is 29.5 Å². The zero-order chi connectivity index (χ0) is 20.7. The van der Waals surface area contributed by atoms with Crippen LogP contribution in [0.25, 0.3) is 11.1 Å². The maximum Gasteiger partial charge on any atom is 0.323 e. The first kappa shape index (κ1) is 20.8. The van der Waals surface area contributed by atoms with E-state index in [1.807, 2.05) is 0 Å². The molecule has 1 heterocycles. The molecule has 0 saturated carbocycles. The van der Waals surface area contributed by atoms with Crippen LogP contribution in [-0.4, -0.2) is 46.9 Å². The Labute approximate surface area is 166 Å². The summed E-state index contributed by atoms with van der Waals surface area (Å²) < 4.78 is 53.7. The Morgan fingerprint density at radius 2 is 1.82 bits per heavy atom. The van der Waals surface area contributed by atoms with Crippen molar-refractivity contribution in [2.75, 3.05) is 12.3 Å². The predicted octanol–water partition coefficient (Wildman–Crippen LogP) is 3.60. The summed E-state index contributed by atoms with van der Waals surface area (Å²) in [4.78, 5) is 11.7. The number of carbonyl (C=O) groups is 1. The van der Waals surface area contributed by atoms with Crippen LogP contribution in [0.2, 0.25) is 0 Å². The average Bonchev–Trinajstić information content (AvgIpc) is 2.62. The van der Waals surface area contributed by atoms with E-state index in [2.05, 4.69) is 0 Å². The predicted molar refractivity (Wildman–Crippen MR) is 104 cm³/mol. The molecule has 28 heavy (non-hydrogen) atoms. The molecule has 1 saturated heterocycles. The van der Waals surface area contributed by atoms with Crippen molar-refractivity contribution >= 4 is 27.8 Å². The monoisotopic (exact) mass is 427 g/mol. The molecule has 1 N–H and O–H groups in total. The van der Waals surface area contributed by atoms with Gasteiger partial charge in [0.15, 0.2) is 0 Å². The molecule has 1 fully saturated rings. The van der Waals surface area contributed by atoms with Gasteiger partial charge in [-0.3, -0.25) is 4.79 Å². The van der Waals surface area contributed by atoms with Gasteiger partial charge >= 0.3 is 5.97 Å². The third kappa shape index (κ3) is 3.78. The highest BCUT2D eigenvalue weighted by Gasteiger charge is 2.48. The summed E-state index contributed by atoms with van der Waals surface area (Å²) in [5, 5.41) is 9.61. The Hall–Kier alpha value is -1.97. The number of halogens is 2. The summed E-state index contributed by atoms with van der Waals surface area (Å²) in [5.74, 6) is -1.97. The molecule has 1 aliphatic rings. The molecule has 0 unspecified atom stereocenters. The maximum atomic E-state index is 13.9. The lowest BCUT2D eigenvalue weighted by Gasteiger charge is -2.42. The molecule has 0 aromatic heterocycles. The lowest BCUT2D eigenvalue weighted by atomic mass is 10.0. The van der Waals surface area contributed by atoms with Crippen molar-refractivity contribution in [1.29, 1.82) is 0 Å². The molecule has 2 aromatic rings. The summed E-state index contributed by atoms with van der Waals surface area (Å²) in [6.07, 6.45) is 0. The summed E-state index contributed by atoms with van der Waals surface area (Å²) in [6.45, 7) is 3.48. The largest absolute Gasteiger partial charge is 0.480 e. The topological polar surface area (TPSA) is 74.7 Å². The van der Waals surface area contributed by atoms with E-state index in [9.17, 15) is 27.1 Å². The Balaban J connectivity index is 1.98. The second-order valence-electron chi connectivity index (χ2n) is 6.96. The van der Waals surface area contributed by atoms with Crippen LogP contribution < -0.4 is 0 Å². The third-order valence-corrected chi connectivity index (χ3v) is 7.90. The SMILES string of the molecule is CC1(C)SCCN(S(=O)(=O)c2ccc(-c3cc(F)ccc3F)cc2)[C@H]1C(=O)O. The van der Waals surface area contributed by atoms with Crippen molar-refractivity contribution in [2.24, 2.45) is 0 Å². The van der Waals surface area contributed by atoms with Crippen LogP contribution in [-0.2, 0) is 14.8 Å². The van der Waals surface area contributed by atoms with E-state index in [-0.39, 0.29) is 17.0 Å². The molecule has 0 spiro atoms. The molecule has 5 nitrogen and oxygen atoms in total. The minimum Gasteiger partial charge on any atom is -0.480 e. The van der Waals surface area contributed by atoms with E-state index in [1.54, 1.807) is 13.8 Å². The van der Waals surface area contributed by atoms with Gasteiger partial charge in [-0.05, 0) is 49.7 Å². The van der Waals surface area contributed by atoms with Crippen LogP contribution in [0.1, 0.15) is 13.8 Å². The number of hydrogen-bond donors (Lipinski definition) is 1. The smallest absolute Gasteiger partial charge is 0.323 e. The summed E-state index contributed by atoms with van der Waals surface area (Å²) in [6, 6.07) is 7.14. The lowest BCUT2D eigenvalue weighted by Crippen LogP contribution is -2.58. The zero-order valence-electron chi connectivity index (χ0n) is 15.2. The molecule has 150 valence electrons. The van der Waals surface area contributed by atoms with Crippen molar-refractivity contribution in [3.8, 4) is 11.1 Å². The highest BCUT2D eigenvalue weighted by atomic mass is 32.2. The summed E-state index contributed by atoms with van der Waals surface area (Å²) in [7, 11) is -4.07. The number of hydrogen-bond acceptors (Lipinski definition) is 4. The van der Waals surface area contributed by atoms with Gasteiger partial charge in [0.1, 0.15) is 17.7 Å². The van der Waals surface area contributed by atoms with Crippen LogP contribution >= 0.6 is 11.8 Å². The molecule has 9 heteroatoms. The van der Waals surface area contributed by atoms with E-state index in [0.717, 1.165) is 22.5 Å². The maximum absolute atomic E-state index is 13.9. The van der Waals surface area contributed by atoms with E-state index >= 15 is 0 Å². The van der Waals surface area contributed by atoms with Crippen LogP contribution in [0.3, 0.4) is 0 Å². The van der Waals surface area contributed by atoms with Gasteiger partial charge in [-0.25, -0.2) is 17.2 Å². The third-order valence-electron chi connectivity index (χ3n) is 4.67. The molecule has 0 amide bonds. The van der Waals surface area contributed by atoms with Crippen LogP contribution in [0.4, 0.5) is 8.78 Å². The Morgan fingerprint density at radius 3 is 2.43 bits per heavy atom. The lowest BCUT2D eigenvalue weighted by molar-refractivity contribution is -0.142. The number of carboxylic acids is 1. The fourth-order valence-corrected chi connectivity index (χ4v) is 6.39. The summed E-state index contributed by atoms with van der Waals surface area (Å²) >= 11 is 1.41. The first-order valence-corrected chi connectivity index (χ1v) is 10.9. The summed E-state index contributed by atoms with van der Waals surface area (Å²) in [5.41, 5.74) is 0.336. The van der Waals surface area contributed by atoms with Gasteiger partial charge in [-0.2, -0.15) is 16.1 Å². The minimum absolute atomic E-state index is 0.0165. The van der Waals surface area contributed by atoms with Gasteiger partial charge in [-0.15, -0.1) is 0 Å². The van der Waals surface area contributed by atoms with Gasteiger partial charge in [0.25, 0.3) is 0 Å². The van der Waals surface area contributed by atoms with Crippen LogP contribution in [0.15, 0.2) is 47.4 Å². The van der Waals surface area contributed by atoms with Gasteiger partial charge in [-0.1, -0.05) is 12.1 Å². The Morgan fingerprint density at radius 1 is 1.18 bits per heavy atom. The Kier molecular flexibility index (Phi) is 5.53. The highest BCUT2D eigenvalue weighted by molar-refractivity contribution is 8.00. The molecular weight excluding hydrogens is 408 g/mol. The van der Waals surface area contributed by atoms with Crippen molar-refractivity contribution in [3.05, 3.63) is 54.1 Å². The standard InChI is InChI=1S/C19H19F2NO4S2/c1-19(2)17(18(23)24)22(9-10-27-19)28(25,26)14-6-3-12(4-7-14)15-11-13(20)5-8-16(15)21/h3-8,11,17H,9-10H2,1-2H3,(H,23,24)/t17-/m0/s1. The first-order chi connectivity index (χ1) is 13.0. The second kappa shape index (κ2) is 7.46. The number of sulfonamides is 1. The molecule has 0 aliphatic carbocycles. The zero-order valence-corrected chi connectivity index (χ0v) is 16.9. The number of aliphatic carboxylic acids is 1. The molecule has 2 aromatic carbocycles. The molecule has 3 rings (SSSR count). The molecule has 1 atom stereocenters. The molecule has 1 aliphatic heterocycles. The molecule has 0 radical (unpaired) electrons. The van der Waals surface area contributed by atoms with E-state index in [1.165, 1.54) is 36.0 Å². The number of rotatable bonds is 4. The number of nitrogens with zero attached hydrogens (tertiary/aromatic N) is 1. The van der Waals surface area contributed by atoms with Crippen molar-refractivity contribution in [1.82, 2.24) is 4.31 Å².